The van der Waals surface area contributed by atoms with Crippen LogP contribution in [-0.4, -0.2) is 11.2 Å². The van der Waals surface area contributed by atoms with Crippen molar-refractivity contribution in [3.05, 3.63) is 12.2 Å². The van der Waals surface area contributed by atoms with Crippen molar-refractivity contribution < 1.29 is 5.11 Å². The smallest absolute Gasteiger partial charge is 0.0512 e. The maximum atomic E-state index is 9.20. The second kappa shape index (κ2) is 21.7. The zero-order valence-corrected chi connectivity index (χ0v) is 17.6. The van der Waals surface area contributed by atoms with E-state index in [0.717, 1.165) is 6.42 Å². The lowest BCUT2D eigenvalue weighted by molar-refractivity contribution is 0.180. The van der Waals surface area contributed by atoms with Gasteiger partial charge in [-0.25, -0.2) is 0 Å². The van der Waals surface area contributed by atoms with Gasteiger partial charge in [0.05, 0.1) is 6.10 Å². The third kappa shape index (κ3) is 23.7. The third-order valence-corrected chi connectivity index (χ3v) is 5.13. The molecule has 0 aliphatic carbocycles. The molecular weight excluding hydrogens is 304 g/mol. The van der Waals surface area contributed by atoms with Gasteiger partial charge in [-0.1, -0.05) is 109 Å². The first-order valence-electron chi connectivity index (χ1n) is 11.6. The summed E-state index contributed by atoms with van der Waals surface area (Å²) >= 11 is 0. The van der Waals surface area contributed by atoms with Gasteiger partial charge in [0.25, 0.3) is 0 Å². The number of rotatable bonds is 20. The molecule has 0 aliphatic heterocycles. The average molecular weight is 353 g/mol. The zero-order chi connectivity index (χ0) is 18.4. The van der Waals surface area contributed by atoms with Crippen LogP contribution in [0.15, 0.2) is 12.2 Å². The SMILES string of the molecule is CCCCCCCCC=CCCCCCCCCCCCCC(C)O. The summed E-state index contributed by atoms with van der Waals surface area (Å²) in [7, 11) is 0. The van der Waals surface area contributed by atoms with E-state index in [1.165, 1.54) is 116 Å². The molecule has 0 aliphatic rings. The molecule has 1 atom stereocenters. The van der Waals surface area contributed by atoms with Crippen LogP contribution in [-0.2, 0) is 0 Å². The highest BCUT2D eigenvalue weighted by molar-refractivity contribution is 4.81. The molecule has 0 fully saturated rings. The van der Waals surface area contributed by atoms with Crippen LogP contribution in [0.25, 0.3) is 0 Å². The minimum Gasteiger partial charge on any atom is -0.393 e. The van der Waals surface area contributed by atoms with Gasteiger partial charge in [0, 0.05) is 0 Å². The Morgan fingerprint density at radius 1 is 0.560 bits per heavy atom. The summed E-state index contributed by atoms with van der Waals surface area (Å²) in [6.45, 7) is 4.18. The number of hydrogen-bond acceptors (Lipinski definition) is 1. The Morgan fingerprint density at radius 3 is 1.32 bits per heavy atom. The largest absolute Gasteiger partial charge is 0.393 e. The van der Waals surface area contributed by atoms with E-state index < -0.39 is 0 Å². The van der Waals surface area contributed by atoms with Crippen LogP contribution in [0.2, 0.25) is 0 Å². The number of hydrogen-bond donors (Lipinski definition) is 1. The predicted octanol–water partition coefficient (Wildman–Crippen LogP) is 8.36. The Morgan fingerprint density at radius 2 is 0.920 bits per heavy atom. The Bertz CT molecular complexity index is 257. The van der Waals surface area contributed by atoms with Gasteiger partial charge in [-0.05, 0) is 39.0 Å². The number of aliphatic hydroxyl groups excluding tert-OH is 1. The maximum absolute atomic E-state index is 9.20. The summed E-state index contributed by atoms with van der Waals surface area (Å²) in [6.07, 6.45) is 30.5. The molecule has 0 rings (SSSR count). The summed E-state index contributed by atoms with van der Waals surface area (Å²) in [4.78, 5) is 0. The Hall–Kier alpha value is -0.300. The Kier molecular flexibility index (Phi) is 21.5. The summed E-state index contributed by atoms with van der Waals surface area (Å²) in [5, 5.41) is 9.20. The highest BCUT2D eigenvalue weighted by Gasteiger charge is 1.96. The van der Waals surface area contributed by atoms with E-state index in [0.29, 0.717) is 0 Å². The van der Waals surface area contributed by atoms with Crippen molar-refractivity contribution in [2.24, 2.45) is 0 Å². The minimum atomic E-state index is -0.106. The van der Waals surface area contributed by atoms with E-state index in [4.69, 9.17) is 0 Å². The predicted molar refractivity (Wildman–Crippen MR) is 114 cm³/mol. The van der Waals surface area contributed by atoms with E-state index in [1.807, 2.05) is 6.92 Å². The Balaban J connectivity index is 3.05. The van der Waals surface area contributed by atoms with E-state index >= 15 is 0 Å². The van der Waals surface area contributed by atoms with Gasteiger partial charge in [-0.3, -0.25) is 0 Å². The highest BCUT2D eigenvalue weighted by atomic mass is 16.3. The summed E-state index contributed by atoms with van der Waals surface area (Å²) in [5.74, 6) is 0. The summed E-state index contributed by atoms with van der Waals surface area (Å²) in [6, 6.07) is 0. The lowest BCUT2D eigenvalue weighted by Gasteiger charge is -2.04. The normalized spacial score (nSPS) is 12.9. The molecule has 0 amide bonds. The van der Waals surface area contributed by atoms with Crippen molar-refractivity contribution in [3.63, 3.8) is 0 Å². The van der Waals surface area contributed by atoms with Crippen LogP contribution in [0.3, 0.4) is 0 Å². The molecule has 1 N–H and O–H groups in total. The van der Waals surface area contributed by atoms with Crippen molar-refractivity contribution in [1.29, 1.82) is 0 Å². The van der Waals surface area contributed by atoms with Crippen molar-refractivity contribution in [3.8, 4) is 0 Å². The minimum absolute atomic E-state index is 0.106. The molecule has 1 nitrogen and oxygen atoms in total. The van der Waals surface area contributed by atoms with Gasteiger partial charge >= 0.3 is 0 Å². The highest BCUT2D eigenvalue weighted by Crippen LogP contribution is 2.13. The summed E-state index contributed by atoms with van der Waals surface area (Å²) in [5.41, 5.74) is 0. The molecule has 150 valence electrons. The number of allylic oxidation sites excluding steroid dienone is 2. The molecular formula is C24H48O. The van der Waals surface area contributed by atoms with E-state index in [2.05, 4.69) is 19.1 Å². The first-order chi connectivity index (χ1) is 12.3. The molecule has 0 aromatic heterocycles. The molecule has 0 saturated heterocycles. The fourth-order valence-corrected chi connectivity index (χ4v) is 3.39. The van der Waals surface area contributed by atoms with Gasteiger partial charge in [0.2, 0.25) is 0 Å². The van der Waals surface area contributed by atoms with Crippen molar-refractivity contribution >= 4 is 0 Å². The summed E-state index contributed by atoms with van der Waals surface area (Å²) < 4.78 is 0. The molecule has 0 aromatic rings. The van der Waals surface area contributed by atoms with Crippen LogP contribution in [0.5, 0.6) is 0 Å². The van der Waals surface area contributed by atoms with Gasteiger partial charge in [-0.2, -0.15) is 0 Å². The quantitative estimate of drug-likeness (QED) is 0.172. The molecule has 1 heteroatoms. The monoisotopic (exact) mass is 352 g/mol. The topological polar surface area (TPSA) is 20.2 Å². The second-order valence-electron chi connectivity index (χ2n) is 7.99. The third-order valence-electron chi connectivity index (χ3n) is 5.13. The van der Waals surface area contributed by atoms with Crippen molar-refractivity contribution in [1.82, 2.24) is 0 Å². The molecule has 1 unspecified atom stereocenters. The molecule has 0 radical (unpaired) electrons. The molecule has 0 spiro atoms. The van der Waals surface area contributed by atoms with E-state index in [1.54, 1.807) is 0 Å². The lowest BCUT2D eigenvalue weighted by atomic mass is 10.0. The first kappa shape index (κ1) is 24.7. The average Bonchev–Trinajstić information content (AvgIpc) is 2.60. The molecule has 0 saturated carbocycles. The van der Waals surface area contributed by atoms with Crippen LogP contribution >= 0.6 is 0 Å². The molecule has 0 heterocycles. The lowest BCUT2D eigenvalue weighted by Crippen LogP contribution is -1.98. The van der Waals surface area contributed by atoms with Gasteiger partial charge in [0.15, 0.2) is 0 Å². The fourth-order valence-electron chi connectivity index (χ4n) is 3.39. The van der Waals surface area contributed by atoms with Crippen LogP contribution in [0.1, 0.15) is 136 Å². The van der Waals surface area contributed by atoms with Gasteiger partial charge < -0.3 is 5.11 Å². The first-order valence-corrected chi connectivity index (χ1v) is 11.6. The van der Waals surface area contributed by atoms with Gasteiger partial charge in [0.1, 0.15) is 0 Å². The maximum Gasteiger partial charge on any atom is 0.0512 e. The van der Waals surface area contributed by atoms with Crippen LogP contribution in [0, 0.1) is 0 Å². The van der Waals surface area contributed by atoms with Gasteiger partial charge in [-0.15, -0.1) is 0 Å². The number of aliphatic hydroxyl groups is 1. The van der Waals surface area contributed by atoms with E-state index in [-0.39, 0.29) is 6.10 Å². The zero-order valence-electron chi connectivity index (χ0n) is 17.6. The molecule has 25 heavy (non-hydrogen) atoms. The standard InChI is InChI=1S/C24H48O/c1-3-4-5-6-7-8-9-10-11-12-13-14-15-16-17-18-19-20-21-22-23-24(2)25/h10-11,24-25H,3-9,12-23H2,1-2H3. The fraction of sp³-hybridized carbons (Fsp3) is 0.917. The van der Waals surface area contributed by atoms with E-state index in [9.17, 15) is 5.11 Å². The number of unbranched alkanes of at least 4 members (excludes halogenated alkanes) is 16. The Labute approximate surface area is 159 Å². The van der Waals surface area contributed by atoms with Crippen molar-refractivity contribution in [2.45, 2.75) is 142 Å². The van der Waals surface area contributed by atoms with Crippen molar-refractivity contribution in [2.75, 3.05) is 0 Å². The molecule has 0 aromatic carbocycles. The van der Waals surface area contributed by atoms with Crippen LogP contribution < -0.4 is 0 Å². The molecule has 0 bridgehead atoms. The second-order valence-corrected chi connectivity index (χ2v) is 7.99. The van der Waals surface area contributed by atoms with Crippen LogP contribution in [0.4, 0.5) is 0 Å².